The predicted molar refractivity (Wildman–Crippen MR) is 64.2 cm³/mol. The minimum Gasteiger partial charge on any atom is -0.299 e. The second-order valence-electron chi connectivity index (χ2n) is 4.21. The number of halogens is 1. The van der Waals surface area contributed by atoms with Crippen LogP contribution in [0.15, 0.2) is 27.6 Å². The maximum atomic E-state index is 13.4. The topological polar surface area (TPSA) is 84.7 Å². The molecule has 7 heteroatoms. The number of nitrogens with one attached hydrogen (secondary N) is 1. The predicted octanol–water partition coefficient (Wildman–Crippen LogP) is 1.34. The van der Waals surface area contributed by atoms with E-state index in [0.29, 0.717) is 11.1 Å². The lowest BCUT2D eigenvalue weighted by Gasteiger charge is -2.02. The largest absolute Gasteiger partial charge is 0.299 e. The summed E-state index contributed by atoms with van der Waals surface area (Å²) in [4.78, 5) is 18.3. The molecule has 1 aromatic carbocycles. The van der Waals surface area contributed by atoms with E-state index in [4.69, 9.17) is 0 Å². The maximum Gasteiger partial charge on any atom is 0.271 e. The number of hydrogen-bond acceptors (Lipinski definition) is 5. The molecule has 2 aromatic heterocycles. The number of hydrogen-bond donors (Lipinski definition) is 1. The van der Waals surface area contributed by atoms with E-state index in [1.807, 2.05) is 0 Å². The van der Waals surface area contributed by atoms with Crippen molar-refractivity contribution < 1.29 is 9.02 Å². The van der Waals surface area contributed by atoms with Gasteiger partial charge in [-0.15, -0.1) is 0 Å². The van der Waals surface area contributed by atoms with Gasteiger partial charge in [0, 0.05) is 6.42 Å². The molecule has 0 fully saturated rings. The van der Waals surface area contributed by atoms with Crippen LogP contribution in [0.5, 0.6) is 0 Å². The summed E-state index contributed by atoms with van der Waals surface area (Å²) in [6.07, 6.45) is 0.218. The zero-order chi connectivity index (χ0) is 13.4. The van der Waals surface area contributed by atoms with Gasteiger partial charge in [0.2, 0.25) is 11.3 Å². The number of aryl methyl sites for hydroxylation is 1. The summed E-state index contributed by atoms with van der Waals surface area (Å²) in [6, 6.07) is 4.81. The number of aromatic nitrogens is 4. The lowest BCUT2D eigenvalue weighted by Crippen LogP contribution is -2.15. The van der Waals surface area contributed by atoms with Crippen LogP contribution in [-0.4, -0.2) is 20.3 Å². The van der Waals surface area contributed by atoms with E-state index < -0.39 is 0 Å². The van der Waals surface area contributed by atoms with Crippen molar-refractivity contribution in [1.82, 2.24) is 20.3 Å². The van der Waals surface area contributed by atoms with E-state index in [1.54, 1.807) is 19.1 Å². The molecular formula is C12H9FN4O2. The third-order valence-corrected chi connectivity index (χ3v) is 2.81. The van der Waals surface area contributed by atoms with Gasteiger partial charge >= 0.3 is 0 Å². The zero-order valence-electron chi connectivity index (χ0n) is 9.98. The van der Waals surface area contributed by atoms with Crippen LogP contribution < -0.4 is 5.56 Å². The monoisotopic (exact) mass is 260 g/mol. The van der Waals surface area contributed by atoms with Gasteiger partial charge in [-0.3, -0.25) is 9.78 Å². The second-order valence-corrected chi connectivity index (χ2v) is 4.21. The van der Waals surface area contributed by atoms with Crippen molar-refractivity contribution in [3.05, 3.63) is 51.2 Å². The first kappa shape index (κ1) is 11.5. The molecule has 3 rings (SSSR count). The Labute approximate surface area is 106 Å². The molecule has 0 unspecified atom stereocenters. The van der Waals surface area contributed by atoms with Gasteiger partial charge in [0.15, 0.2) is 0 Å². The Hall–Kier alpha value is -2.57. The number of fused-ring (bicyclic) bond motifs is 1. The van der Waals surface area contributed by atoms with Gasteiger partial charge in [0.1, 0.15) is 11.5 Å². The van der Waals surface area contributed by atoms with Crippen molar-refractivity contribution in [2.24, 2.45) is 0 Å². The number of benzene rings is 1. The molecule has 0 aliphatic carbocycles. The van der Waals surface area contributed by atoms with Gasteiger partial charge in [-0.2, -0.15) is 0 Å². The third kappa shape index (κ3) is 2.10. The summed E-state index contributed by atoms with van der Waals surface area (Å²) < 4.78 is 17.9. The standard InChI is InChI=1S/C12H9FN4O2/c1-6-2-3-7(4-8(6)13)5-9-12(18)15-11-10(14-9)16-19-17-11/h2-4H,5H2,1H3,(H,15,17,18). The molecule has 6 nitrogen and oxygen atoms in total. The van der Waals surface area contributed by atoms with Crippen LogP contribution in [0.3, 0.4) is 0 Å². The highest BCUT2D eigenvalue weighted by Crippen LogP contribution is 2.12. The Morgan fingerprint density at radius 2 is 2.21 bits per heavy atom. The van der Waals surface area contributed by atoms with E-state index >= 15 is 0 Å². The molecule has 0 saturated carbocycles. The average molecular weight is 260 g/mol. The Balaban J connectivity index is 2.02. The Kier molecular flexibility index (Phi) is 2.59. The van der Waals surface area contributed by atoms with E-state index in [-0.39, 0.29) is 34.8 Å². The highest BCUT2D eigenvalue weighted by Gasteiger charge is 2.10. The summed E-state index contributed by atoms with van der Waals surface area (Å²) in [5.41, 5.74) is 1.50. The minimum atomic E-state index is -0.385. The molecule has 0 aliphatic heterocycles. The Morgan fingerprint density at radius 1 is 1.37 bits per heavy atom. The number of rotatable bonds is 2. The first-order valence-electron chi connectivity index (χ1n) is 5.60. The molecule has 1 N–H and O–H groups in total. The van der Waals surface area contributed by atoms with E-state index in [1.165, 1.54) is 6.07 Å². The molecule has 0 radical (unpaired) electrons. The Morgan fingerprint density at radius 3 is 3.00 bits per heavy atom. The van der Waals surface area contributed by atoms with Gasteiger partial charge in [-0.05, 0) is 34.4 Å². The van der Waals surface area contributed by atoms with Gasteiger partial charge in [0.05, 0.1) is 0 Å². The lowest BCUT2D eigenvalue weighted by molar-refractivity contribution is 0.314. The summed E-state index contributed by atoms with van der Waals surface area (Å²) in [5.74, 6) is -0.307. The van der Waals surface area contributed by atoms with Gasteiger partial charge < -0.3 is 0 Å². The molecule has 0 spiro atoms. The van der Waals surface area contributed by atoms with Crippen LogP contribution in [0.25, 0.3) is 11.3 Å². The first-order chi connectivity index (χ1) is 9.13. The van der Waals surface area contributed by atoms with Crippen molar-refractivity contribution in [2.45, 2.75) is 13.3 Å². The normalized spacial score (nSPS) is 11.1. The van der Waals surface area contributed by atoms with Crippen molar-refractivity contribution in [3.63, 3.8) is 0 Å². The molecule has 2 heterocycles. The highest BCUT2D eigenvalue weighted by molar-refractivity contribution is 5.62. The van der Waals surface area contributed by atoms with Gasteiger partial charge in [-0.25, -0.2) is 14.0 Å². The number of H-pyrrole nitrogens is 1. The molecule has 96 valence electrons. The third-order valence-electron chi connectivity index (χ3n) is 2.81. The first-order valence-corrected chi connectivity index (χ1v) is 5.60. The van der Waals surface area contributed by atoms with Crippen LogP contribution in [0.1, 0.15) is 16.8 Å². The number of nitrogens with zero attached hydrogens (tertiary/aromatic N) is 3. The fraction of sp³-hybridized carbons (Fsp3) is 0.167. The molecule has 19 heavy (non-hydrogen) atoms. The molecule has 0 atom stereocenters. The van der Waals surface area contributed by atoms with Gasteiger partial charge in [-0.1, -0.05) is 12.1 Å². The van der Waals surface area contributed by atoms with Crippen molar-refractivity contribution in [3.8, 4) is 0 Å². The second kappa shape index (κ2) is 4.27. The summed E-state index contributed by atoms with van der Waals surface area (Å²) in [7, 11) is 0. The van der Waals surface area contributed by atoms with Crippen molar-refractivity contribution in [1.29, 1.82) is 0 Å². The van der Waals surface area contributed by atoms with Crippen LogP contribution >= 0.6 is 0 Å². The smallest absolute Gasteiger partial charge is 0.271 e. The van der Waals surface area contributed by atoms with E-state index in [2.05, 4.69) is 24.9 Å². The molecule has 3 aromatic rings. The number of aromatic amines is 1. The maximum absolute atomic E-state index is 13.4. The van der Waals surface area contributed by atoms with E-state index in [0.717, 1.165) is 0 Å². The molecule has 0 amide bonds. The Bertz CT molecular complexity index is 809. The fourth-order valence-electron chi connectivity index (χ4n) is 1.75. The quantitative estimate of drug-likeness (QED) is 0.751. The van der Waals surface area contributed by atoms with Crippen molar-refractivity contribution in [2.75, 3.05) is 0 Å². The van der Waals surface area contributed by atoms with Crippen LogP contribution in [0.2, 0.25) is 0 Å². The highest BCUT2D eigenvalue weighted by atomic mass is 19.1. The average Bonchev–Trinajstić information content (AvgIpc) is 2.81. The summed E-state index contributed by atoms with van der Waals surface area (Å²) >= 11 is 0. The van der Waals surface area contributed by atoms with Crippen LogP contribution in [-0.2, 0) is 6.42 Å². The fourth-order valence-corrected chi connectivity index (χ4v) is 1.75. The minimum absolute atomic E-state index is 0.198. The lowest BCUT2D eigenvalue weighted by atomic mass is 10.1. The van der Waals surface area contributed by atoms with Crippen LogP contribution in [0, 0.1) is 12.7 Å². The molecule has 0 saturated heterocycles. The molecule has 0 aliphatic rings. The molecule has 0 bridgehead atoms. The summed E-state index contributed by atoms with van der Waals surface area (Å²) in [5, 5.41) is 7.04. The van der Waals surface area contributed by atoms with Crippen LogP contribution in [0.4, 0.5) is 4.39 Å². The SMILES string of the molecule is Cc1ccc(Cc2nc3nonc3[nH]c2=O)cc1F. The van der Waals surface area contributed by atoms with E-state index in [9.17, 15) is 9.18 Å². The summed E-state index contributed by atoms with van der Waals surface area (Å²) in [6.45, 7) is 1.68. The molecular weight excluding hydrogens is 251 g/mol. The van der Waals surface area contributed by atoms with Gasteiger partial charge in [0.25, 0.3) is 5.56 Å². The van der Waals surface area contributed by atoms with Crippen molar-refractivity contribution >= 4 is 11.3 Å². The zero-order valence-corrected chi connectivity index (χ0v) is 9.98.